The third-order valence-corrected chi connectivity index (χ3v) is 9.42. The predicted octanol–water partition coefficient (Wildman–Crippen LogP) is 10.3. The minimum Gasteiger partial charge on any atom is -0.504 e. The number of hydrogen-bond donors (Lipinski definition) is 2. The molecule has 6 nitrogen and oxygen atoms in total. The number of unbranched alkanes of at least 4 members (excludes halogenated alkanes) is 2. The maximum Gasteiger partial charge on any atom is 0.166 e. The molecule has 0 aromatic heterocycles. The summed E-state index contributed by atoms with van der Waals surface area (Å²) in [6, 6.07) is 27.0. The van der Waals surface area contributed by atoms with Gasteiger partial charge in [-0.15, -0.1) is 0 Å². The van der Waals surface area contributed by atoms with Crippen molar-refractivity contribution in [1.29, 1.82) is 0 Å². The third-order valence-electron chi connectivity index (χ3n) is 9.42. The van der Waals surface area contributed by atoms with E-state index < -0.39 is 11.6 Å². The van der Waals surface area contributed by atoms with Gasteiger partial charge in [-0.3, -0.25) is 4.99 Å². The number of phenols is 1. The molecule has 0 amide bonds. The number of benzene rings is 4. The Morgan fingerprint density at radius 3 is 1.69 bits per heavy atom. The highest BCUT2D eigenvalue weighted by molar-refractivity contribution is 5.85. The SMILES string of the molecule is CCCCOc1ccc(C(C)(C)C)cc1C(O)(c1cc(C(C)(C)C)ccc1OCCCC)[C@@H](Cc1ccccc1)N=Cc1cccc(OC)c1O. The summed E-state index contributed by atoms with van der Waals surface area (Å²) in [5.74, 6) is 1.56. The smallest absolute Gasteiger partial charge is 0.166 e. The summed E-state index contributed by atoms with van der Waals surface area (Å²) in [4.78, 5) is 5.21. The van der Waals surface area contributed by atoms with Gasteiger partial charge in [-0.2, -0.15) is 0 Å². The molecule has 2 N–H and O–H groups in total. The molecule has 0 aliphatic heterocycles. The Morgan fingerprint density at radius 1 is 0.686 bits per heavy atom. The van der Waals surface area contributed by atoms with Crippen molar-refractivity contribution in [2.24, 2.45) is 4.99 Å². The second-order valence-corrected chi connectivity index (χ2v) is 15.5. The fourth-order valence-electron chi connectivity index (χ4n) is 6.12. The van der Waals surface area contributed by atoms with Crippen molar-refractivity contribution in [1.82, 2.24) is 0 Å². The van der Waals surface area contributed by atoms with Gasteiger partial charge < -0.3 is 24.4 Å². The molecular weight excluding hydrogens is 634 g/mol. The minimum atomic E-state index is -1.74. The number of aromatic hydroxyl groups is 1. The van der Waals surface area contributed by atoms with Gasteiger partial charge in [-0.1, -0.05) is 117 Å². The Morgan fingerprint density at radius 2 is 1.22 bits per heavy atom. The molecule has 4 aromatic carbocycles. The molecule has 0 saturated carbocycles. The molecule has 0 fully saturated rings. The van der Waals surface area contributed by atoms with E-state index >= 15 is 0 Å². The fourth-order valence-corrected chi connectivity index (χ4v) is 6.12. The number of rotatable bonds is 16. The zero-order valence-electron chi connectivity index (χ0n) is 32.3. The maximum atomic E-state index is 14.0. The average Bonchev–Trinajstić information content (AvgIpc) is 3.10. The Hall–Kier alpha value is -4.29. The van der Waals surface area contributed by atoms with Crippen LogP contribution in [0.4, 0.5) is 0 Å². The molecule has 0 saturated heterocycles. The fraction of sp³-hybridized carbons (Fsp3) is 0.444. The zero-order valence-corrected chi connectivity index (χ0v) is 32.3. The van der Waals surface area contributed by atoms with Gasteiger partial charge in [0.1, 0.15) is 17.1 Å². The second kappa shape index (κ2) is 17.3. The van der Waals surface area contributed by atoms with Gasteiger partial charge in [0.25, 0.3) is 0 Å². The summed E-state index contributed by atoms with van der Waals surface area (Å²) < 4.78 is 18.5. The number of phenolic OH excluding ortho intramolecular Hbond substituents is 1. The van der Waals surface area contributed by atoms with Crippen LogP contribution in [0.5, 0.6) is 23.0 Å². The van der Waals surface area contributed by atoms with Crippen molar-refractivity contribution in [2.45, 2.75) is 110 Å². The Kier molecular flexibility index (Phi) is 13.4. The van der Waals surface area contributed by atoms with E-state index in [1.807, 2.05) is 36.4 Å². The van der Waals surface area contributed by atoms with Crippen LogP contribution in [-0.2, 0) is 22.9 Å². The molecule has 0 unspecified atom stereocenters. The van der Waals surface area contributed by atoms with E-state index in [-0.39, 0.29) is 16.6 Å². The molecule has 0 aliphatic carbocycles. The van der Waals surface area contributed by atoms with E-state index in [1.54, 1.807) is 18.3 Å². The van der Waals surface area contributed by atoms with Crippen LogP contribution < -0.4 is 14.2 Å². The Labute approximate surface area is 306 Å². The molecule has 0 spiro atoms. The zero-order chi connectivity index (χ0) is 37.2. The summed E-state index contributed by atoms with van der Waals surface area (Å²) in [6.07, 6.45) is 5.75. The molecule has 6 heteroatoms. The van der Waals surface area contributed by atoms with Gasteiger partial charge >= 0.3 is 0 Å². The van der Waals surface area contributed by atoms with Crippen molar-refractivity contribution in [3.63, 3.8) is 0 Å². The second-order valence-electron chi connectivity index (χ2n) is 15.5. The first-order valence-corrected chi connectivity index (χ1v) is 18.4. The predicted molar refractivity (Wildman–Crippen MR) is 210 cm³/mol. The van der Waals surface area contributed by atoms with Crippen LogP contribution in [0.2, 0.25) is 0 Å². The highest BCUT2D eigenvalue weighted by atomic mass is 16.5. The summed E-state index contributed by atoms with van der Waals surface area (Å²) in [5, 5.41) is 25.1. The summed E-state index contributed by atoms with van der Waals surface area (Å²) in [7, 11) is 1.53. The highest BCUT2D eigenvalue weighted by Crippen LogP contribution is 2.47. The molecule has 1 atom stereocenters. The van der Waals surface area contributed by atoms with Crippen molar-refractivity contribution in [3.05, 3.63) is 118 Å². The van der Waals surface area contributed by atoms with Gasteiger partial charge in [-0.25, -0.2) is 0 Å². The van der Waals surface area contributed by atoms with Gasteiger partial charge in [0.05, 0.1) is 26.4 Å². The van der Waals surface area contributed by atoms with E-state index in [9.17, 15) is 10.2 Å². The van der Waals surface area contributed by atoms with Crippen LogP contribution in [0.25, 0.3) is 0 Å². The minimum absolute atomic E-state index is 0.0117. The lowest BCUT2D eigenvalue weighted by molar-refractivity contribution is 0.0460. The molecule has 0 heterocycles. The lowest BCUT2D eigenvalue weighted by Crippen LogP contribution is -2.42. The number of para-hydroxylation sites is 1. The van der Waals surface area contributed by atoms with Crippen molar-refractivity contribution in [3.8, 4) is 23.0 Å². The maximum absolute atomic E-state index is 14.0. The lowest BCUT2D eigenvalue weighted by Gasteiger charge is -2.39. The van der Waals surface area contributed by atoms with Crippen LogP contribution >= 0.6 is 0 Å². The molecule has 0 aliphatic rings. The normalized spacial score (nSPS) is 13.0. The highest BCUT2D eigenvalue weighted by Gasteiger charge is 2.45. The number of methoxy groups -OCH3 is 1. The first-order valence-electron chi connectivity index (χ1n) is 18.4. The van der Waals surface area contributed by atoms with Gasteiger partial charge in [0.15, 0.2) is 11.5 Å². The summed E-state index contributed by atoms with van der Waals surface area (Å²) in [6.45, 7) is 18.4. The Bertz CT molecular complexity index is 1660. The quantitative estimate of drug-likeness (QED) is 0.0902. The van der Waals surface area contributed by atoms with Crippen LogP contribution in [0, 0.1) is 0 Å². The number of aliphatic hydroxyl groups is 1. The number of ether oxygens (including phenoxy) is 3. The molecule has 4 aromatic rings. The molecule has 274 valence electrons. The van der Waals surface area contributed by atoms with Crippen molar-refractivity contribution in [2.75, 3.05) is 20.3 Å². The third kappa shape index (κ3) is 9.74. The standard InChI is InChI=1S/C45H59NO5/c1-10-12-26-50-38-24-22-34(43(3,4)5)29-36(38)45(48,37-30-35(44(6,7)8)23-25-39(37)51-27-13-11-2)41(28-32-18-15-14-16-19-32)46-31-33-20-17-21-40(49-9)42(33)47/h14-25,29-31,41,47-48H,10-13,26-28H2,1-9H3/t41-/m1/s1. The lowest BCUT2D eigenvalue weighted by atomic mass is 9.73. The molecule has 0 radical (unpaired) electrons. The summed E-state index contributed by atoms with van der Waals surface area (Å²) >= 11 is 0. The summed E-state index contributed by atoms with van der Waals surface area (Å²) in [5.41, 5.74) is 2.71. The molecule has 4 rings (SSSR count). The first-order chi connectivity index (χ1) is 24.2. The van der Waals surface area contributed by atoms with Crippen LogP contribution in [0.1, 0.15) is 114 Å². The molecule has 0 bridgehead atoms. The monoisotopic (exact) mass is 693 g/mol. The van der Waals surface area contributed by atoms with Crippen LogP contribution in [0.3, 0.4) is 0 Å². The molecule has 51 heavy (non-hydrogen) atoms. The largest absolute Gasteiger partial charge is 0.504 e. The number of aliphatic imine (C=N–C) groups is 1. The van der Waals surface area contributed by atoms with Gasteiger partial charge in [-0.05, 0) is 83.2 Å². The van der Waals surface area contributed by atoms with E-state index in [4.69, 9.17) is 19.2 Å². The van der Waals surface area contributed by atoms with Gasteiger partial charge in [0, 0.05) is 22.9 Å². The van der Waals surface area contributed by atoms with Gasteiger partial charge in [0.2, 0.25) is 0 Å². The van der Waals surface area contributed by atoms with Crippen molar-refractivity contribution >= 4 is 6.21 Å². The topological polar surface area (TPSA) is 80.5 Å². The van der Waals surface area contributed by atoms with Crippen LogP contribution in [0.15, 0.2) is 89.9 Å². The van der Waals surface area contributed by atoms with Crippen molar-refractivity contribution < 1.29 is 24.4 Å². The Balaban J connectivity index is 2.14. The molecular formula is C45H59NO5. The first kappa shape index (κ1) is 39.5. The van der Waals surface area contributed by atoms with E-state index in [0.29, 0.717) is 53.6 Å². The van der Waals surface area contributed by atoms with E-state index in [0.717, 1.165) is 42.4 Å². The van der Waals surface area contributed by atoms with E-state index in [2.05, 4.69) is 91.8 Å². The number of hydrogen-bond acceptors (Lipinski definition) is 6. The number of nitrogens with zero attached hydrogens (tertiary/aromatic N) is 1. The van der Waals surface area contributed by atoms with Crippen LogP contribution in [-0.4, -0.2) is 42.8 Å². The average molecular weight is 694 g/mol. The van der Waals surface area contributed by atoms with E-state index in [1.165, 1.54) is 7.11 Å².